The van der Waals surface area contributed by atoms with Crippen molar-refractivity contribution >= 4 is 35.0 Å². The van der Waals surface area contributed by atoms with Gasteiger partial charge >= 0.3 is 0 Å². The van der Waals surface area contributed by atoms with E-state index in [2.05, 4.69) is 10.3 Å². The van der Waals surface area contributed by atoms with Crippen LogP contribution >= 0.6 is 11.3 Å². The molecule has 2 aromatic rings. The van der Waals surface area contributed by atoms with Crippen LogP contribution in [0.2, 0.25) is 0 Å². The van der Waals surface area contributed by atoms with Crippen LogP contribution in [0.1, 0.15) is 45.4 Å². The number of hydrogen-bond donors (Lipinski definition) is 1. The Morgan fingerprint density at radius 2 is 1.86 bits per heavy atom. The van der Waals surface area contributed by atoms with Crippen LogP contribution in [-0.2, 0) is 25.7 Å². The van der Waals surface area contributed by atoms with Crippen molar-refractivity contribution in [1.82, 2.24) is 20.1 Å². The van der Waals surface area contributed by atoms with Crippen molar-refractivity contribution in [1.29, 1.82) is 0 Å². The van der Waals surface area contributed by atoms with Gasteiger partial charge in [0.25, 0.3) is 11.8 Å². The maximum Gasteiger partial charge on any atom is 0.257 e. The van der Waals surface area contributed by atoms with Crippen molar-refractivity contribution in [3.05, 3.63) is 52.7 Å². The van der Waals surface area contributed by atoms with Crippen molar-refractivity contribution in [3.8, 4) is 10.4 Å². The molecule has 1 aromatic heterocycles. The molecule has 1 aromatic carbocycles. The zero-order valence-electron chi connectivity index (χ0n) is 21.3. The maximum atomic E-state index is 13.7. The van der Waals surface area contributed by atoms with Gasteiger partial charge in [-0.3, -0.25) is 24.1 Å². The van der Waals surface area contributed by atoms with Crippen LogP contribution in [0.5, 0.6) is 0 Å². The minimum atomic E-state index is -0.943. The fourth-order valence-corrected chi connectivity index (χ4v) is 5.74. The number of nitrogens with one attached hydrogen (secondary N) is 1. The molecule has 9 heteroatoms. The van der Waals surface area contributed by atoms with Crippen LogP contribution < -0.4 is 5.32 Å². The number of thiazole rings is 1. The SMILES string of the molecule is CC1=CC(=O)N(C(C(=O)N2CC(C)CC2C(=O)NCc2ccc(-c3scnc3C)cc2)C(C)C)C1=O. The molecule has 190 valence electrons. The van der Waals surface area contributed by atoms with Crippen molar-refractivity contribution in [2.75, 3.05) is 6.54 Å². The van der Waals surface area contributed by atoms with Gasteiger partial charge in [-0.05, 0) is 43.2 Å². The summed E-state index contributed by atoms with van der Waals surface area (Å²) in [6.45, 7) is 9.91. The molecule has 0 radical (unpaired) electrons. The average Bonchev–Trinajstić information content (AvgIpc) is 3.51. The Kier molecular flexibility index (Phi) is 7.40. The number of benzene rings is 1. The first kappa shape index (κ1) is 25.8. The molecule has 2 aliphatic heterocycles. The molecular weight excluding hydrogens is 476 g/mol. The lowest BCUT2D eigenvalue weighted by molar-refractivity contribution is -0.153. The minimum Gasteiger partial charge on any atom is -0.350 e. The molecule has 3 atom stereocenters. The second kappa shape index (κ2) is 10.3. The van der Waals surface area contributed by atoms with Gasteiger partial charge in [-0.2, -0.15) is 0 Å². The Morgan fingerprint density at radius 3 is 2.42 bits per heavy atom. The third-order valence-electron chi connectivity index (χ3n) is 6.82. The van der Waals surface area contributed by atoms with E-state index in [1.165, 1.54) is 6.08 Å². The van der Waals surface area contributed by atoms with E-state index in [1.807, 2.05) is 57.5 Å². The summed E-state index contributed by atoms with van der Waals surface area (Å²) >= 11 is 1.59. The molecule has 1 saturated heterocycles. The maximum absolute atomic E-state index is 13.7. The van der Waals surface area contributed by atoms with E-state index in [4.69, 9.17) is 0 Å². The number of aromatic nitrogens is 1. The summed E-state index contributed by atoms with van der Waals surface area (Å²) in [4.78, 5) is 60.0. The van der Waals surface area contributed by atoms with Gasteiger partial charge in [0.05, 0.1) is 16.1 Å². The Morgan fingerprint density at radius 1 is 1.17 bits per heavy atom. The molecule has 3 unspecified atom stereocenters. The fourth-order valence-electron chi connectivity index (χ4n) is 4.93. The molecule has 2 aliphatic rings. The van der Waals surface area contributed by atoms with E-state index < -0.39 is 23.9 Å². The highest BCUT2D eigenvalue weighted by molar-refractivity contribution is 7.13. The molecule has 36 heavy (non-hydrogen) atoms. The van der Waals surface area contributed by atoms with Gasteiger partial charge in [-0.25, -0.2) is 4.98 Å². The molecule has 0 spiro atoms. The van der Waals surface area contributed by atoms with Crippen molar-refractivity contribution in [3.63, 3.8) is 0 Å². The molecule has 0 saturated carbocycles. The van der Waals surface area contributed by atoms with Crippen LogP contribution in [0, 0.1) is 18.8 Å². The van der Waals surface area contributed by atoms with E-state index in [1.54, 1.807) is 23.2 Å². The first-order valence-corrected chi connectivity index (χ1v) is 13.1. The molecule has 4 amide bonds. The summed E-state index contributed by atoms with van der Waals surface area (Å²) in [6.07, 6.45) is 1.80. The van der Waals surface area contributed by atoms with Crippen LogP contribution in [0.25, 0.3) is 10.4 Å². The predicted octanol–water partition coefficient (Wildman–Crippen LogP) is 3.31. The number of aryl methyl sites for hydroxylation is 1. The van der Waals surface area contributed by atoms with Crippen molar-refractivity contribution in [2.45, 2.75) is 59.7 Å². The summed E-state index contributed by atoms with van der Waals surface area (Å²) in [7, 11) is 0. The highest BCUT2D eigenvalue weighted by Gasteiger charge is 2.46. The Balaban J connectivity index is 1.45. The van der Waals surface area contributed by atoms with Crippen LogP contribution in [-0.4, -0.2) is 57.0 Å². The lowest BCUT2D eigenvalue weighted by Gasteiger charge is -2.34. The predicted molar refractivity (Wildman–Crippen MR) is 138 cm³/mol. The summed E-state index contributed by atoms with van der Waals surface area (Å²) in [5, 5.41) is 2.97. The van der Waals surface area contributed by atoms with Crippen LogP contribution in [0.4, 0.5) is 0 Å². The third-order valence-corrected chi connectivity index (χ3v) is 7.80. The molecule has 4 rings (SSSR count). The molecular formula is C27H32N4O4S. The van der Waals surface area contributed by atoms with Gasteiger partial charge in [0.15, 0.2) is 0 Å². The lowest BCUT2D eigenvalue weighted by atomic mass is 10.00. The lowest BCUT2D eigenvalue weighted by Crippen LogP contribution is -2.56. The molecule has 0 bridgehead atoms. The number of nitrogens with zero attached hydrogens (tertiary/aromatic N) is 3. The van der Waals surface area contributed by atoms with Gasteiger partial charge in [0, 0.05) is 24.7 Å². The second-order valence-corrected chi connectivity index (χ2v) is 10.9. The number of rotatable bonds is 7. The summed E-state index contributed by atoms with van der Waals surface area (Å²) < 4.78 is 0. The highest BCUT2D eigenvalue weighted by atomic mass is 32.1. The Labute approximate surface area is 215 Å². The summed E-state index contributed by atoms with van der Waals surface area (Å²) in [6, 6.07) is 6.40. The minimum absolute atomic E-state index is 0.129. The van der Waals surface area contributed by atoms with Gasteiger partial charge in [-0.1, -0.05) is 45.0 Å². The topological polar surface area (TPSA) is 99.7 Å². The van der Waals surface area contributed by atoms with Gasteiger partial charge < -0.3 is 10.2 Å². The Bertz CT molecular complexity index is 1220. The van der Waals surface area contributed by atoms with Gasteiger partial charge in [-0.15, -0.1) is 11.3 Å². The van der Waals surface area contributed by atoms with Gasteiger partial charge in [0.1, 0.15) is 12.1 Å². The third kappa shape index (κ3) is 4.97. The number of carbonyl (C=O) groups is 4. The molecule has 3 heterocycles. The summed E-state index contributed by atoms with van der Waals surface area (Å²) in [5.41, 5.74) is 5.17. The first-order chi connectivity index (χ1) is 17.1. The molecule has 1 N–H and O–H groups in total. The van der Waals surface area contributed by atoms with E-state index in [9.17, 15) is 19.2 Å². The molecule has 0 aliphatic carbocycles. The largest absolute Gasteiger partial charge is 0.350 e. The quantitative estimate of drug-likeness (QED) is 0.579. The van der Waals surface area contributed by atoms with E-state index >= 15 is 0 Å². The average molecular weight is 509 g/mol. The van der Waals surface area contributed by atoms with Crippen LogP contribution in [0.15, 0.2) is 41.4 Å². The zero-order chi connectivity index (χ0) is 26.1. The monoisotopic (exact) mass is 508 g/mol. The van der Waals surface area contributed by atoms with Crippen molar-refractivity contribution < 1.29 is 19.2 Å². The molecule has 1 fully saturated rings. The van der Waals surface area contributed by atoms with Crippen molar-refractivity contribution in [2.24, 2.45) is 11.8 Å². The normalized spacial score (nSPS) is 20.8. The number of carbonyl (C=O) groups excluding carboxylic acids is 4. The smallest absolute Gasteiger partial charge is 0.257 e. The molecule has 8 nitrogen and oxygen atoms in total. The van der Waals surface area contributed by atoms with E-state index in [0.29, 0.717) is 25.1 Å². The standard InChI is InChI=1S/C27H32N4O4S/c1-15(2)23(31-22(32)11-17(4)26(31)34)27(35)30-13-16(3)10-21(30)25(33)28-12-19-6-8-20(9-7-19)24-18(5)29-14-36-24/h6-9,11,14-16,21,23H,10,12-13H2,1-5H3,(H,28,33). The van der Waals surface area contributed by atoms with Crippen LogP contribution in [0.3, 0.4) is 0 Å². The number of imide groups is 1. The number of hydrogen-bond acceptors (Lipinski definition) is 6. The fraction of sp³-hybridized carbons (Fsp3) is 0.444. The Hall–Kier alpha value is -3.33. The number of amides is 4. The van der Waals surface area contributed by atoms with E-state index in [-0.39, 0.29) is 23.7 Å². The summed E-state index contributed by atoms with van der Waals surface area (Å²) in [5.74, 6) is -1.67. The second-order valence-electron chi connectivity index (χ2n) is 10.1. The van der Waals surface area contributed by atoms with E-state index in [0.717, 1.165) is 26.6 Å². The number of likely N-dealkylation sites (tertiary alicyclic amines) is 1. The van der Waals surface area contributed by atoms with Gasteiger partial charge in [0.2, 0.25) is 11.8 Å². The zero-order valence-corrected chi connectivity index (χ0v) is 22.1. The highest BCUT2D eigenvalue weighted by Crippen LogP contribution is 2.29. The first-order valence-electron chi connectivity index (χ1n) is 12.2.